The normalized spacial score (nSPS) is 20.3. The van der Waals surface area contributed by atoms with Gasteiger partial charge in [-0.2, -0.15) is 0 Å². The fourth-order valence-electron chi connectivity index (χ4n) is 2.07. The number of rotatable bonds is 0. The first-order chi connectivity index (χ1) is 10.6. The lowest BCUT2D eigenvalue weighted by atomic mass is 10.0. The lowest BCUT2D eigenvalue weighted by Gasteiger charge is -2.11. The third-order valence-electron chi connectivity index (χ3n) is 3.16. The first-order valence-corrected chi connectivity index (χ1v) is 7.39. The summed E-state index contributed by atoms with van der Waals surface area (Å²) in [6, 6.07) is 1.04. The van der Waals surface area contributed by atoms with Crippen LogP contribution in [0.1, 0.15) is 35.2 Å². The summed E-state index contributed by atoms with van der Waals surface area (Å²) >= 11 is 6.04. The molecule has 0 saturated heterocycles. The molecule has 1 heterocycles. The summed E-state index contributed by atoms with van der Waals surface area (Å²) in [5.41, 5.74) is 0.190. The van der Waals surface area contributed by atoms with Gasteiger partial charge in [-0.15, -0.1) is 0 Å². The maximum Gasteiger partial charge on any atom is 0.342 e. The Labute approximate surface area is 134 Å². The Morgan fingerprint density at radius 3 is 2.55 bits per heavy atom. The summed E-state index contributed by atoms with van der Waals surface area (Å²) < 4.78 is 5.15. The second-order valence-electron chi connectivity index (χ2n) is 4.78. The average molecular weight is 321 g/mol. The summed E-state index contributed by atoms with van der Waals surface area (Å²) in [6.45, 7) is 0.215. The zero-order valence-corrected chi connectivity index (χ0v) is 12.7. The molecule has 1 aliphatic heterocycles. The molecule has 1 aromatic rings. The van der Waals surface area contributed by atoms with Crippen LogP contribution < -0.4 is 0 Å². The van der Waals surface area contributed by atoms with E-state index >= 15 is 0 Å². The van der Waals surface area contributed by atoms with E-state index in [9.17, 15) is 15.0 Å². The molecular weight excluding hydrogens is 304 g/mol. The number of esters is 1. The van der Waals surface area contributed by atoms with Crippen molar-refractivity contribution in [3.05, 3.63) is 52.6 Å². The van der Waals surface area contributed by atoms with Gasteiger partial charge in [-0.25, -0.2) is 4.79 Å². The van der Waals surface area contributed by atoms with E-state index in [0.717, 1.165) is 18.9 Å². The largest absolute Gasteiger partial charge is 0.507 e. The van der Waals surface area contributed by atoms with E-state index in [-0.39, 0.29) is 34.3 Å². The zero-order valence-electron chi connectivity index (χ0n) is 12.0. The minimum Gasteiger partial charge on any atom is -0.507 e. The first-order valence-electron chi connectivity index (χ1n) is 7.01. The number of cyclic esters (lactones) is 1. The predicted octanol–water partition coefficient (Wildman–Crippen LogP) is 4.22. The van der Waals surface area contributed by atoms with Crippen LogP contribution in [0.2, 0.25) is 5.02 Å². The monoisotopic (exact) mass is 320 g/mol. The fraction of sp³-hybridized carbons (Fsp3) is 0.235. The molecule has 5 heteroatoms. The molecule has 0 saturated carbocycles. The van der Waals surface area contributed by atoms with Crippen LogP contribution in [0.15, 0.2) is 36.4 Å². The molecule has 0 atom stereocenters. The van der Waals surface area contributed by atoms with E-state index in [2.05, 4.69) is 0 Å². The molecular formula is C17H17ClO4. The summed E-state index contributed by atoms with van der Waals surface area (Å²) in [5, 5.41) is 19.7. The Morgan fingerprint density at radius 1 is 1.00 bits per heavy atom. The number of phenols is 2. The molecule has 0 spiro atoms. The van der Waals surface area contributed by atoms with Crippen LogP contribution in [-0.2, 0) is 4.74 Å². The van der Waals surface area contributed by atoms with Crippen LogP contribution in [0.5, 0.6) is 11.5 Å². The van der Waals surface area contributed by atoms with Crippen molar-refractivity contribution in [2.45, 2.75) is 19.3 Å². The van der Waals surface area contributed by atoms with Gasteiger partial charge in [-0.3, -0.25) is 0 Å². The van der Waals surface area contributed by atoms with Gasteiger partial charge in [0.1, 0.15) is 17.1 Å². The minimum atomic E-state index is -0.673. The van der Waals surface area contributed by atoms with Gasteiger partial charge in [0.25, 0.3) is 0 Å². The highest BCUT2D eigenvalue weighted by Crippen LogP contribution is 2.37. The van der Waals surface area contributed by atoms with Crippen molar-refractivity contribution >= 4 is 23.6 Å². The van der Waals surface area contributed by atoms with Crippen LogP contribution in [0.25, 0.3) is 6.08 Å². The molecule has 0 bridgehead atoms. The maximum absolute atomic E-state index is 12.2. The number of allylic oxidation sites excluding steroid dienone is 4. The second kappa shape index (κ2) is 7.71. The average Bonchev–Trinajstić information content (AvgIpc) is 2.48. The summed E-state index contributed by atoms with van der Waals surface area (Å²) in [4.78, 5) is 12.2. The van der Waals surface area contributed by atoms with Crippen molar-refractivity contribution in [3.63, 3.8) is 0 Å². The van der Waals surface area contributed by atoms with Crippen molar-refractivity contribution in [2.24, 2.45) is 0 Å². The Kier molecular flexibility index (Phi) is 5.67. The van der Waals surface area contributed by atoms with Crippen LogP contribution in [0.4, 0.5) is 0 Å². The van der Waals surface area contributed by atoms with Gasteiger partial charge < -0.3 is 14.9 Å². The third kappa shape index (κ3) is 3.92. The Balaban J connectivity index is 2.46. The molecule has 0 aromatic heterocycles. The topological polar surface area (TPSA) is 66.8 Å². The number of hydrogen-bond donors (Lipinski definition) is 2. The Morgan fingerprint density at radius 2 is 1.73 bits per heavy atom. The van der Waals surface area contributed by atoms with Gasteiger partial charge in [0.15, 0.2) is 0 Å². The van der Waals surface area contributed by atoms with E-state index < -0.39 is 5.97 Å². The molecule has 2 rings (SSSR count). The van der Waals surface area contributed by atoms with Crippen molar-refractivity contribution in [1.29, 1.82) is 0 Å². The molecule has 116 valence electrons. The van der Waals surface area contributed by atoms with Crippen LogP contribution >= 0.6 is 11.6 Å². The van der Waals surface area contributed by atoms with E-state index in [0.29, 0.717) is 6.42 Å². The summed E-state index contributed by atoms with van der Waals surface area (Å²) in [7, 11) is 0. The number of carbonyl (C=O) groups excluding carboxylic acids is 1. The van der Waals surface area contributed by atoms with E-state index in [4.69, 9.17) is 16.3 Å². The Bertz CT molecular complexity index is 645. The van der Waals surface area contributed by atoms with Crippen LogP contribution in [0.3, 0.4) is 0 Å². The fourth-order valence-corrected chi connectivity index (χ4v) is 2.28. The lowest BCUT2D eigenvalue weighted by Crippen LogP contribution is -2.08. The van der Waals surface area contributed by atoms with Crippen molar-refractivity contribution < 1.29 is 19.7 Å². The molecule has 4 nitrogen and oxygen atoms in total. The molecule has 0 amide bonds. The van der Waals surface area contributed by atoms with Crippen LogP contribution in [-0.4, -0.2) is 22.8 Å². The van der Waals surface area contributed by atoms with Crippen molar-refractivity contribution in [1.82, 2.24) is 0 Å². The van der Waals surface area contributed by atoms with Crippen LogP contribution in [0, 0.1) is 0 Å². The van der Waals surface area contributed by atoms with Gasteiger partial charge in [0, 0.05) is 11.6 Å². The molecule has 1 aromatic carbocycles. The quantitative estimate of drug-likeness (QED) is 0.555. The van der Waals surface area contributed by atoms with E-state index in [1.165, 1.54) is 0 Å². The number of phenolic OH excluding ortho intramolecular Hbond substituents is 2. The minimum absolute atomic E-state index is 0.00129. The third-order valence-corrected chi connectivity index (χ3v) is 3.56. The van der Waals surface area contributed by atoms with Gasteiger partial charge in [0.05, 0.1) is 11.6 Å². The zero-order chi connectivity index (χ0) is 15.9. The van der Waals surface area contributed by atoms with Gasteiger partial charge >= 0.3 is 5.97 Å². The van der Waals surface area contributed by atoms with Gasteiger partial charge in [0.2, 0.25) is 0 Å². The number of halogens is 1. The van der Waals surface area contributed by atoms with Gasteiger partial charge in [-0.1, -0.05) is 48.1 Å². The van der Waals surface area contributed by atoms with Crippen molar-refractivity contribution in [2.75, 3.05) is 6.61 Å². The highest BCUT2D eigenvalue weighted by molar-refractivity contribution is 6.34. The Hall–Kier alpha value is -2.20. The van der Waals surface area contributed by atoms with E-state index in [1.54, 1.807) is 12.2 Å². The maximum atomic E-state index is 12.2. The molecule has 1 aliphatic rings. The van der Waals surface area contributed by atoms with Gasteiger partial charge in [-0.05, 0) is 19.3 Å². The molecule has 0 fully saturated rings. The number of hydrogen-bond acceptors (Lipinski definition) is 4. The number of carbonyl (C=O) groups is 1. The lowest BCUT2D eigenvalue weighted by molar-refractivity contribution is 0.0508. The number of aromatic hydroxyl groups is 2. The van der Waals surface area contributed by atoms with Crippen molar-refractivity contribution in [3.8, 4) is 11.5 Å². The van der Waals surface area contributed by atoms with E-state index in [1.807, 2.05) is 24.3 Å². The highest BCUT2D eigenvalue weighted by Gasteiger charge is 2.21. The number of ether oxygens (including phenoxy) is 1. The predicted molar refractivity (Wildman–Crippen MR) is 86.2 cm³/mol. The molecule has 0 aliphatic carbocycles. The molecule has 0 unspecified atom stereocenters. The molecule has 2 N–H and O–H groups in total. The standard InChI is InChI=1S/C17H17ClO4/c18-16-12-9-7-5-3-1-2-4-6-8-10-22-17(21)15(12)13(19)11-14(16)20/h3-7,9,11,19-20H,1-2,8,10H2/b5-3+,6-4+,9-7+. The SMILES string of the molecule is O=C1OCC/C=C/CC/C=C/C=C/c2c(Cl)c(O)cc(O)c21. The first kappa shape index (κ1) is 16.2. The molecule has 22 heavy (non-hydrogen) atoms. The summed E-state index contributed by atoms with van der Waals surface area (Å²) in [5.74, 6) is -1.32. The second-order valence-corrected chi connectivity index (χ2v) is 5.16. The number of benzene rings is 1. The molecule has 0 radical (unpaired) electrons. The smallest absolute Gasteiger partial charge is 0.342 e. The highest BCUT2D eigenvalue weighted by atomic mass is 35.5. The number of fused-ring (bicyclic) bond motifs is 1. The summed E-state index contributed by atoms with van der Waals surface area (Å²) in [6.07, 6.45) is 13.5.